The topological polar surface area (TPSA) is 55.3 Å². The molecule has 1 aromatic carbocycles. The molecule has 126 valence electrons. The van der Waals surface area contributed by atoms with Crippen molar-refractivity contribution in [3.8, 4) is 5.88 Å². The zero-order valence-electron chi connectivity index (χ0n) is 14.5. The van der Waals surface area contributed by atoms with Gasteiger partial charge in [-0.1, -0.05) is 17.7 Å². The van der Waals surface area contributed by atoms with Crippen molar-refractivity contribution >= 4 is 5.91 Å². The van der Waals surface area contributed by atoms with Gasteiger partial charge in [0, 0.05) is 23.9 Å². The maximum Gasteiger partial charge on any atom is 0.253 e. The highest BCUT2D eigenvalue weighted by molar-refractivity contribution is 5.94. The molecular weight excluding hydrogens is 302 g/mol. The molecule has 0 N–H and O–H groups in total. The first-order valence-electron chi connectivity index (χ1n) is 8.36. The smallest absolute Gasteiger partial charge is 0.253 e. The van der Waals surface area contributed by atoms with Crippen molar-refractivity contribution in [1.82, 2.24) is 14.9 Å². The SMILES string of the molecule is Cc1ccc(C(=O)N2CCCC(Oc3cc(C)nc(C)n3)C2)cc1. The van der Waals surface area contributed by atoms with Crippen molar-refractivity contribution in [3.05, 3.63) is 53.0 Å². The van der Waals surface area contributed by atoms with Crippen LogP contribution in [0.2, 0.25) is 0 Å². The zero-order chi connectivity index (χ0) is 17.1. The third-order valence-electron chi connectivity index (χ3n) is 4.19. The second-order valence-electron chi connectivity index (χ2n) is 6.39. The fraction of sp³-hybridized carbons (Fsp3) is 0.421. The molecule has 1 saturated heterocycles. The Kier molecular flexibility index (Phi) is 4.79. The number of hydrogen-bond acceptors (Lipinski definition) is 4. The molecule has 0 radical (unpaired) electrons. The van der Waals surface area contributed by atoms with Crippen LogP contribution in [0.3, 0.4) is 0 Å². The van der Waals surface area contributed by atoms with Crippen LogP contribution in [0.15, 0.2) is 30.3 Å². The molecule has 1 aliphatic rings. The van der Waals surface area contributed by atoms with E-state index in [0.29, 0.717) is 18.2 Å². The van der Waals surface area contributed by atoms with Crippen molar-refractivity contribution < 1.29 is 9.53 Å². The van der Waals surface area contributed by atoms with Crippen LogP contribution in [0, 0.1) is 20.8 Å². The van der Waals surface area contributed by atoms with E-state index in [2.05, 4.69) is 9.97 Å². The van der Waals surface area contributed by atoms with Gasteiger partial charge >= 0.3 is 0 Å². The van der Waals surface area contributed by atoms with E-state index in [-0.39, 0.29) is 12.0 Å². The molecule has 5 nitrogen and oxygen atoms in total. The van der Waals surface area contributed by atoms with Crippen LogP contribution in [-0.4, -0.2) is 40.0 Å². The lowest BCUT2D eigenvalue weighted by Gasteiger charge is -2.32. The average molecular weight is 325 g/mol. The minimum absolute atomic E-state index is 0.0261. The van der Waals surface area contributed by atoms with Gasteiger partial charge in [0.1, 0.15) is 11.9 Å². The molecule has 24 heavy (non-hydrogen) atoms. The number of aromatic nitrogens is 2. The number of aryl methyl sites for hydroxylation is 3. The molecule has 0 aliphatic carbocycles. The minimum atomic E-state index is -0.0261. The molecular formula is C19H23N3O2. The van der Waals surface area contributed by atoms with Crippen LogP contribution >= 0.6 is 0 Å². The molecule has 1 fully saturated rings. The molecule has 1 atom stereocenters. The first kappa shape index (κ1) is 16.4. The molecule has 2 heterocycles. The van der Waals surface area contributed by atoms with Gasteiger partial charge in [-0.25, -0.2) is 4.98 Å². The predicted octanol–water partition coefficient (Wildman–Crippen LogP) is 3.09. The molecule has 0 spiro atoms. The number of ether oxygens (including phenoxy) is 1. The average Bonchev–Trinajstić information content (AvgIpc) is 2.54. The van der Waals surface area contributed by atoms with Crippen LogP contribution in [0.5, 0.6) is 5.88 Å². The number of amides is 1. The molecule has 3 rings (SSSR count). The Labute approximate surface area is 142 Å². The van der Waals surface area contributed by atoms with Gasteiger partial charge in [-0.05, 0) is 45.7 Å². The number of hydrogen-bond donors (Lipinski definition) is 0. The van der Waals surface area contributed by atoms with Gasteiger partial charge in [0.2, 0.25) is 5.88 Å². The quantitative estimate of drug-likeness (QED) is 0.870. The van der Waals surface area contributed by atoms with Crippen molar-refractivity contribution in [2.75, 3.05) is 13.1 Å². The number of benzene rings is 1. The van der Waals surface area contributed by atoms with E-state index in [1.165, 1.54) is 0 Å². The monoisotopic (exact) mass is 325 g/mol. The van der Waals surface area contributed by atoms with Crippen molar-refractivity contribution in [3.63, 3.8) is 0 Å². The molecule has 0 bridgehead atoms. The first-order chi connectivity index (χ1) is 11.5. The standard InChI is InChI=1S/C19H23N3O2/c1-13-6-8-16(9-7-13)19(23)22-10-4-5-17(12-22)24-18-11-14(2)20-15(3)21-18/h6-9,11,17H,4-5,10,12H2,1-3H3. The summed E-state index contributed by atoms with van der Waals surface area (Å²) in [5, 5.41) is 0. The third-order valence-corrected chi connectivity index (χ3v) is 4.19. The largest absolute Gasteiger partial charge is 0.472 e. The lowest BCUT2D eigenvalue weighted by atomic mass is 10.1. The van der Waals surface area contributed by atoms with Gasteiger partial charge in [0.25, 0.3) is 5.91 Å². The Hall–Kier alpha value is -2.43. The highest BCUT2D eigenvalue weighted by atomic mass is 16.5. The second-order valence-corrected chi connectivity index (χ2v) is 6.39. The zero-order valence-corrected chi connectivity index (χ0v) is 14.5. The number of likely N-dealkylation sites (tertiary alicyclic amines) is 1. The lowest BCUT2D eigenvalue weighted by Crippen LogP contribution is -2.44. The van der Waals surface area contributed by atoms with Gasteiger partial charge in [-0.3, -0.25) is 4.79 Å². The Morgan fingerprint density at radius 3 is 2.62 bits per heavy atom. The Morgan fingerprint density at radius 2 is 1.92 bits per heavy atom. The summed E-state index contributed by atoms with van der Waals surface area (Å²) in [5.41, 5.74) is 2.77. The van der Waals surface area contributed by atoms with Gasteiger partial charge < -0.3 is 9.64 Å². The Morgan fingerprint density at radius 1 is 1.17 bits per heavy atom. The van der Waals surface area contributed by atoms with Gasteiger partial charge in [-0.15, -0.1) is 0 Å². The highest BCUT2D eigenvalue weighted by Gasteiger charge is 2.26. The molecule has 1 amide bonds. The van der Waals surface area contributed by atoms with E-state index in [0.717, 1.165) is 36.2 Å². The van der Waals surface area contributed by atoms with E-state index >= 15 is 0 Å². The predicted molar refractivity (Wildman–Crippen MR) is 92.2 cm³/mol. The summed E-state index contributed by atoms with van der Waals surface area (Å²) >= 11 is 0. The van der Waals surface area contributed by atoms with E-state index in [9.17, 15) is 4.79 Å². The number of rotatable bonds is 3. The Bertz CT molecular complexity index is 708. The fourth-order valence-corrected chi connectivity index (χ4v) is 3.01. The van der Waals surface area contributed by atoms with Crippen LogP contribution in [0.1, 0.15) is 40.3 Å². The summed E-state index contributed by atoms with van der Waals surface area (Å²) in [5.74, 6) is 1.36. The second kappa shape index (κ2) is 6.99. The van der Waals surface area contributed by atoms with E-state index < -0.39 is 0 Å². The third kappa shape index (κ3) is 3.91. The summed E-state index contributed by atoms with van der Waals surface area (Å²) in [6.45, 7) is 7.16. The van der Waals surface area contributed by atoms with Gasteiger partial charge in [0.05, 0.1) is 6.54 Å². The molecule has 1 unspecified atom stereocenters. The lowest BCUT2D eigenvalue weighted by molar-refractivity contribution is 0.0527. The minimum Gasteiger partial charge on any atom is -0.472 e. The van der Waals surface area contributed by atoms with Crippen LogP contribution in [0.4, 0.5) is 0 Å². The fourth-order valence-electron chi connectivity index (χ4n) is 3.01. The van der Waals surface area contributed by atoms with Crippen LogP contribution in [0.25, 0.3) is 0 Å². The van der Waals surface area contributed by atoms with Crippen molar-refractivity contribution in [1.29, 1.82) is 0 Å². The summed E-state index contributed by atoms with van der Waals surface area (Å²) < 4.78 is 6.01. The Balaban J connectivity index is 1.67. The molecule has 0 saturated carbocycles. The molecule has 1 aliphatic heterocycles. The summed E-state index contributed by atoms with van der Waals surface area (Å²) in [6, 6.07) is 9.56. The van der Waals surface area contributed by atoms with E-state index in [4.69, 9.17) is 4.74 Å². The maximum atomic E-state index is 12.7. The summed E-state index contributed by atoms with van der Waals surface area (Å²) in [7, 11) is 0. The number of nitrogens with zero attached hydrogens (tertiary/aromatic N) is 3. The molecule has 1 aromatic heterocycles. The first-order valence-corrected chi connectivity index (χ1v) is 8.36. The number of piperidine rings is 1. The normalized spacial score (nSPS) is 17.6. The maximum absolute atomic E-state index is 12.7. The molecule has 2 aromatic rings. The van der Waals surface area contributed by atoms with Gasteiger partial charge in [0.15, 0.2) is 0 Å². The summed E-state index contributed by atoms with van der Waals surface area (Å²) in [4.78, 5) is 23.1. The van der Waals surface area contributed by atoms with E-state index in [1.54, 1.807) is 0 Å². The van der Waals surface area contributed by atoms with Crippen molar-refractivity contribution in [2.45, 2.75) is 39.7 Å². The molecule has 5 heteroatoms. The van der Waals surface area contributed by atoms with Crippen molar-refractivity contribution in [2.24, 2.45) is 0 Å². The highest BCUT2D eigenvalue weighted by Crippen LogP contribution is 2.19. The van der Waals surface area contributed by atoms with E-state index in [1.807, 2.05) is 56.0 Å². The summed E-state index contributed by atoms with van der Waals surface area (Å²) in [6.07, 6.45) is 1.84. The van der Waals surface area contributed by atoms with Crippen LogP contribution < -0.4 is 4.74 Å². The van der Waals surface area contributed by atoms with Gasteiger partial charge in [-0.2, -0.15) is 4.98 Å². The number of carbonyl (C=O) groups is 1. The van der Waals surface area contributed by atoms with Crippen LogP contribution in [-0.2, 0) is 0 Å². The number of carbonyl (C=O) groups excluding carboxylic acids is 1.